The number of amides is 1. The molecule has 6 heteroatoms. The fraction of sp³-hybridized carbons (Fsp3) is 0.370. The Morgan fingerprint density at radius 3 is 2.61 bits per heavy atom. The van der Waals surface area contributed by atoms with Crippen LogP contribution in [0.1, 0.15) is 60.5 Å². The number of halogens is 1. The number of carbonyl (C=O) groups is 1. The summed E-state index contributed by atoms with van der Waals surface area (Å²) in [4.78, 5) is 23.1. The van der Waals surface area contributed by atoms with Crippen LogP contribution in [0.15, 0.2) is 42.5 Å². The van der Waals surface area contributed by atoms with E-state index in [1.165, 1.54) is 24.8 Å². The predicted molar refractivity (Wildman–Crippen MR) is 139 cm³/mol. The van der Waals surface area contributed by atoms with Crippen LogP contribution in [0.4, 0.5) is 5.82 Å². The zero-order valence-corrected chi connectivity index (χ0v) is 21.0. The van der Waals surface area contributed by atoms with Gasteiger partial charge in [0, 0.05) is 15.1 Å². The third-order valence-electron chi connectivity index (χ3n) is 6.72. The number of carbonyl (C=O) groups excluding carboxylic acids is 1. The van der Waals surface area contributed by atoms with Crippen molar-refractivity contribution in [3.05, 3.63) is 68.5 Å². The lowest BCUT2D eigenvalue weighted by molar-refractivity contribution is -0.115. The minimum Gasteiger partial charge on any atom is -0.497 e. The standard InChI is InChI=1S/C27H28IN3O2/c1-33-21-12-13-22-19(16-21)9-14-23-26(22)31-25(18-5-3-2-4-6-18)27(29-23)30-24(32)15-17-7-10-20(28)11-8-17/h7-8,10-13,16,18H,2-6,9,14-15H2,1H3,(H,29,30,32). The predicted octanol–water partition coefficient (Wildman–Crippen LogP) is 6.08. The van der Waals surface area contributed by atoms with Crippen LogP contribution >= 0.6 is 22.6 Å². The first-order valence-electron chi connectivity index (χ1n) is 11.7. The Bertz CT molecular complexity index is 1170. The molecule has 1 fully saturated rings. The lowest BCUT2D eigenvalue weighted by Gasteiger charge is -2.26. The molecule has 33 heavy (non-hydrogen) atoms. The quantitative estimate of drug-likeness (QED) is 0.389. The molecule has 5 rings (SSSR count). The summed E-state index contributed by atoms with van der Waals surface area (Å²) in [6, 6.07) is 14.3. The topological polar surface area (TPSA) is 64.1 Å². The van der Waals surface area contributed by atoms with Crippen LogP contribution in [0.2, 0.25) is 0 Å². The van der Waals surface area contributed by atoms with E-state index in [0.717, 1.165) is 63.2 Å². The molecule has 0 saturated heterocycles. The van der Waals surface area contributed by atoms with E-state index in [0.29, 0.717) is 18.2 Å². The van der Waals surface area contributed by atoms with Gasteiger partial charge in [-0.1, -0.05) is 31.4 Å². The summed E-state index contributed by atoms with van der Waals surface area (Å²) in [7, 11) is 1.70. The van der Waals surface area contributed by atoms with E-state index in [1.807, 2.05) is 30.3 Å². The summed E-state index contributed by atoms with van der Waals surface area (Å²) in [5.41, 5.74) is 6.28. The molecule has 1 heterocycles. The number of nitrogens with one attached hydrogen (secondary N) is 1. The Hall–Kier alpha value is -2.48. The second-order valence-electron chi connectivity index (χ2n) is 8.96. The van der Waals surface area contributed by atoms with E-state index in [4.69, 9.17) is 14.7 Å². The van der Waals surface area contributed by atoms with Crippen molar-refractivity contribution < 1.29 is 9.53 Å². The molecule has 0 unspecified atom stereocenters. The molecule has 170 valence electrons. The molecular formula is C27H28IN3O2. The zero-order chi connectivity index (χ0) is 22.8. The van der Waals surface area contributed by atoms with Gasteiger partial charge in [0.05, 0.1) is 30.6 Å². The number of anilines is 1. The molecular weight excluding hydrogens is 525 g/mol. The molecule has 3 aromatic rings. The molecule has 2 aliphatic rings. The molecule has 0 atom stereocenters. The average molecular weight is 553 g/mol. The maximum Gasteiger partial charge on any atom is 0.229 e. The van der Waals surface area contributed by atoms with Gasteiger partial charge >= 0.3 is 0 Å². The Balaban J connectivity index is 1.49. The van der Waals surface area contributed by atoms with Gasteiger partial charge in [-0.3, -0.25) is 4.79 Å². The summed E-state index contributed by atoms with van der Waals surface area (Å²) in [5.74, 6) is 1.84. The van der Waals surface area contributed by atoms with Crippen molar-refractivity contribution in [1.29, 1.82) is 0 Å². The molecule has 0 spiro atoms. The number of ether oxygens (including phenoxy) is 1. The first kappa shape index (κ1) is 22.3. The Kier molecular flexibility index (Phi) is 6.62. The monoisotopic (exact) mass is 553 g/mol. The van der Waals surface area contributed by atoms with Crippen LogP contribution in [-0.4, -0.2) is 23.0 Å². The summed E-state index contributed by atoms with van der Waals surface area (Å²) in [6.07, 6.45) is 7.92. The van der Waals surface area contributed by atoms with Crippen molar-refractivity contribution >= 4 is 34.3 Å². The van der Waals surface area contributed by atoms with Gasteiger partial charge in [-0.15, -0.1) is 0 Å². The number of benzene rings is 2. The number of hydrogen-bond donors (Lipinski definition) is 1. The normalized spacial score (nSPS) is 15.5. The summed E-state index contributed by atoms with van der Waals surface area (Å²) >= 11 is 2.28. The lowest BCUT2D eigenvalue weighted by atomic mass is 9.85. The van der Waals surface area contributed by atoms with Crippen molar-refractivity contribution in [2.45, 2.75) is 57.3 Å². The molecule has 1 N–H and O–H groups in total. The van der Waals surface area contributed by atoms with E-state index in [-0.39, 0.29) is 5.91 Å². The van der Waals surface area contributed by atoms with E-state index >= 15 is 0 Å². The van der Waals surface area contributed by atoms with E-state index in [9.17, 15) is 4.79 Å². The minimum atomic E-state index is -0.0385. The fourth-order valence-electron chi connectivity index (χ4n) is 4.98. The Morgan fingerprint density at radius 1 is 1.06 bits per heavy atom. The van der Waals surface area contributed by atoms with Gasteiger partial charge in [0.25, 0.3) is 0 Å². The molecule has 2 aliphatic carbocycles. The van der Waals surface area contributed by atoms with Crippen molar-refractivity contribution in [1.82, 2.24) is 9.97 Å². The highest BCUT2D eigenvalue weighted by molar-refractivity contribution is 14.1. The van der Waals surface area contributed by atoms with Crippen molar-refractivity contribution in [2.75, 3.05) is 12.4 Å². The number of aromatic nitrogens is 2. The average Bonchev–Trinajstić information content (AvgIpc) is 2.85. The first-order valence-corrected chi connectivity index (χ1v) is 12.8. The highest BCUT2D eigenvalue weighted by atomic mass is 127. The summed E-state index contributed by atoms with van der Waals surface area (Å²) < 4.78 is 6.58. The highest BCUT2D eigenvalue weighted by Crippen LogP contribution is 2.39. The molecule has 1 saturated carbocycles. The van der Waals surface area contributed by atoms with Crippen molar-refractivity contribution in [3.8, 4) is 17.0 Å². The van der Waals surface area contributed by atoms with Crippen molar-refractivity contribution in [3.63, 3.8) is 0 Å². The van der Waals surface area contributed by atoms with Crippen LogP contribution < -0.4 is 10.1 Å². The smallest absolute Gasteiger partial charge is 0.229 e. The zero-order valence-electron chi connectivity index (χ0n) is 18.9. The molecule has 2 aromatic carbocycles. The minimum absolute atomic E-state index is 0.0385. The lowest BCUT2D eigenvalue weighted by Crippen LogP contribution is -2.21. The van der Waals surface area contributed by atoms with Crippen LogP contribution in [-0.2, 0) is 24.1 Å². The molecule has 0 aliphatic heterocycles. The fourth-order valence-corrected chi connectivity index (χ4v) is 5.34. The molecule has 1 aromatic heterocycles. The van der Waals surface area contributed by atoms with Gasteiger partial charge in [-0.2, -0.15) is 0 Å². The Labute approximate surface area is 208 Å². The SMILES string of the molecule is COc1ccc2c(c1)CCc1nc(NC(=O)Cc3ccc(I)cc3)c(C3CCCCC3)nc1-2. The molecule has 1 amide bonds. The number of rotatable bonds is 5. The van der Waals surface area contributed by atoms with E-state index < -0.39 is 0 Å². The van der Waals surface area contributed by atoms with Crippen molar-refractivity contribution in [2.24, 2.45) is 0 Å². The van der Waals surface area contributed by atoms with Crippen LogP contribution in [0.3, 0.4) is 0 Å². The maximum absolute atomic E-state index is 12.9. The largest absolute Gasteiger partial charge is 0.497 e. The van der Waals surface area contributed by atoms with Gasteiger partial charge < -0.3 is 10.1 Å². The number of fused-ring (bicyclic) bond motifs is 3. The van der Waals surface area contributed by atoms with E-state index in [2.05, 4.69) is 40.0 Å². The second kappa shape index (κ2) is 9.79. The van der Waals surface area contributed by atoms with Gasteiger partial charge in [-0.25, -0.2) is 9.97 Å². The third-order valence-corrected chi connectivity index (χ3v) is 7.44. The van der Waals surface area contributed by atoms with Crippen LogP contribution in [0.25, 0.3) is 11.3 Å². The third kappa shape index (κ3) is 4.90. The molecule has 0 bridgehead atoms. The molecule has 5 nitrogen and oxygen atoms in total. The summed E-state index contributed by atoms with van der Waals surface area (Å²) in [5, 5.41) is 3.13. The van der Waals surface area contributed by atoms with E-state index in [1.54, 1.807) is 7.11 Å². The second-order valence-corrected chi connectivity index (χ2v) is 10.2. The number of aryl methyl sites for hydroxylation is 2. The van der Waals surface area contributed by atoms with Gasteiger partial charge in [0.2, 0.25) is 5.91 Å². The van der Waals surface area contributed by atoms with Gasteiger partial charge in [0.1, 0.15) is 5.75 Å². The van der Waals surface area contributed by atoms with Gasteiger partial charge in [0.15, 0.2) is 5.82 Å². The Morgan fingerprint density at radius 2 is 1.85 bits per heavy atom. The maximum atomic E-state index is 12.9. The number of nitrogens with zero attached hydrogens (tertiary/aromatic N) is 2. The molecule has 0 radical (unpaired) electrons. The highest BCUT2D eigenvalue weighted by Gasteiger charge is 2.27. The van der Waals surface area contributed by atoms with Gasteiger partial charge in [-0.05, 0) is 89.7 Å². The van der Waals surface area contributed by atoms with Crippen LogP contribution in [0, 0.1) is 3.57 Å². The summed E-state index contributed by atoms with van der Waals surface area (Å²) in [6.45, 7) is 0. The number of hydrogen-bond acceptors (Lipinski definition) is 4. The number of methoxy groups -OCH3 is 1. The first-order chi connectivity index (χ1) is 16.1. The van der Waals surface area contributed by atoms with Crippen LogP contribution in [0.5, 0.6) is 5.75 Å².